The van der Waals surface area contributed by atoms with Gasteiger partial charge in [0.05, 0.1) is 12.2 Å². The molecule has 1 aliphatic carbocycles. The maximum Gasteiger partial charge on any atom is 0.222 e. The second-order valence-electron chi connectivity index (χ2n) is 6.06. The first kappa shape index (κ1) is 14.6. The van der Waals surface area contributed by atoms with E-state index in [1.54, 1.807) is 6.07 Å². The lowest BCUT2D eigenvalue weighted by atomic mass is 10.2. The standard InChI is InChI=1S/C17H18N6O/c1-11(24)21-16-6-15(19-10-20-16)18-7-14-9-23-8-13(12-2-3-12)4-5-17(23)22-14/h4-6,8-10,12H,2-3,7H2,1H3,(H2,18,19,20,21,24). The lowest BCUT2D eigenvalue weighted by molar-refractivity contribution is -0.114. The maximum absolute atomic E-state index is 11.1. The highest BCUT2D eigenvalue weighted by molar-refractivity contribution is 5.87. The minimum absolute atomic E-state index is 0.161. The first-order chi connectivity index (χ1) is 11.7. The van der Waals surface area contributed by atoms with Gasteiger partial charge < -0.3 is 15.0 Å². The van der Waals surface area contributed by atoms with Gasteiger partial charge in [0.15, 0.2) is 0 Å². The van der Waals surface area contributed by atoms with E-state index in [1.807, 2.05) is 6.20 Å². The largest absolute Gasteiger partial charge is 0.364 e. The number of aromatic nitrogens is 4. The Morgan fingerprint density at radius 1 is 1.25 bits per heavy atom. The average molecular weight is 322 g/mol. The van der Waals surface area contributed by atoms with Crippen LogP contribution < -0.4 is 10.6 Å². The SMILES string of the molecule is CC(=O)Nc1cc(NCc2cn3cc(C4CC4)ccc3n2)ncn1. The van der Waals surface area contributed by atoms with Crippen LogP contribution in [0.15, 0.2) is 36.9 Å². The van der Waals surface area contributed by atoms with Gasteiger partial charge in [0.1, 0.15) is 23.6 Å². The summed E-state index contributed by atoms with van der Waals surface area (Å²) in [6, 6.07) is 5.93. The van der Waals surface area contributed by atoms with Crippen LogP contribution in [0.1, 0.15) is 36.9 Å². The lowest BCUT2D eigenvalue weighted by Crippen LogP contribution is -2.09. The molecule has 1 saturated carbocycles. The van der Waals surface area contributed by atoms with Gasteiger partial charge in [-0.05, 0) is 30.4 Å². The molecule has 0 atom stereocenters. The van der Waals surface area contributed by atoms with Crippen molar-refractivity contribution in [3.63, 3.8) is 0 Å². The predicted molar refractivity (Wildman–Crippen MR) is 90.8 cm³/mol. The van der Waals surface area contributed by atoms with Crippen molar-refractivity contribution in [3.8, 4) is 0 Å². The number of carbonyl (C=O) groups is 1. The Balaban J connectivity index is 1.47. The fourth-order valence-corrected chi connectivity index (χ4v) is 2.69. The van der Waals surface area contributed by atoms with E-state index in [0.717, 1.165) is 17.3 Å². The van der Waals surface area contributed by atoms with Gasteiger partial charge in [-0.25, -0.2) is 15.0 Å². The predicted octanol–water partition coefficient (Wildman–Crippen LogP) is 2.57. The number of nitrogens with one attached hydrogen (secondary N) is 2. The smallest absolute Gasteiger partial charge is 0.222 e. The zero-order chi connectivity index (χ0) is 16.5. The fourth-order valence-electron chi connectivity index (χ4n) is 2.69. The van der Waals surface area contributed by atoms with E-state index >= 15 is 0 Å². The van der Waals surface area contributed by atoms with Crippen LogP contribution in [0.2, 0.25) is 0 Å². The molecule has 0 spiro atoms. The number of imidazole rings is 1. The fraction of sp³-hybridized carbons (Fsp3) is 0.294. The molecule has 4 rings (SSSR count). The molecule has 3 aromatic rings. The highest BCUT2D eigenvalue weighted by Gasteiger charge is 2.23. The molecule has 0 aliphatic heterocycles. The topological polar surface area (TPSA) is 84.2 Å². The van der Waals surface area contributed by atoms with Gasteiger partial charge in [0.25, 0.3) is 0 Å². The number of pyridine rings is 1. The third kappa shape index (κ3) is 3.19. The average Bonchev–Trinajstić information content (AvgIpc) is 3.32. The second kappa shape index (κ2) is 5.92. The molecule has 24 heavy (non-hydrogen) atoms. The number of nitrogens with zero attached hydrogens (tertiary/aromatic N) is 4. The van der Waals surface area contributed by atoms with Gasteiger partial charge in [-0.3, -0.25) is 4.79 Å². The van der Waals surface area contributed by atoms with Crippen LogP contribution in [0.3, 0.4) is 0 Å². The molecule has 0 bridgehead atoms. The summed E-state index contributed by atoms with van der Waals surface area (Å²) in [6.45, 7) is 2.00. The molecule has 0 radical (unpaired) electrons. The van der Waals surface area contributed by atoms with Crippen molar-refractivity contribution in [3.05, 3.63) is 48.2 Å². The number of carbonyl (C=O) groups excluding carboxylic acids is 1. The zero-order valence-corrected chi connectivity index (χ0v) is 13.4. The van der Waals surface area contributed by atoms with Crippen LogP contribution in [-0.4, -0.2) is 25.3 Å². The summed E-state index contributed by atoms with van der Waals surface area (Å²) in [5.41, 5.74) is 3.26. The monoisotopic (exact) mass is 322 g/mol. The van der Waals surface area contributed by atoms with Crippen LogP contribution >= 0.6 is 0 Å². The van der Waals surface area contributed by atoms with Gasteiger partial charge in [0, 0.05) is 25.4 Å². The Hall–Kier alpha value is -2.96. The third-order valence-electron chi connectivity index (χ3n) is 3.99. The van der Waals surface area contributed by atoms with E-state index in [2.05, 4.69) is 48.3 Å². The molecule has 0 saturated heterocycles. The van der Waals surface area contributed by atoms with Crippen LogP contribution in [0.5, 0.6) is 0 Å². The summed E-state index contributed by atoms with van der Waals surface area (Å²) in [5, 5.41) is 5.84. The van der Waals surface area contributed by atoms with E-state index in [0.29, 0.717) is 18.2 Å². The Bertz CT molecular complexity index is 899. The van der Waals surface area contributed by atoms with E-state index in [4.69, 9.17) is 0 Å². The van der Waals surface area contributed by atoms with Gasteiger partial charge in [-0.15, -0.1) is 0 Å². The number of hydrogen-bond acceptors (Lipinski definition) is 5. The number of fused-ring (bicyclic) bond motifs is 1. The Morgan fingerprint density at radius 3 is 2.88 bits per heavy atom. The summed E-state index contributed by atoms with van der Waals surface area (Å²) in [4.78, 5) is 23.8. The quantitative estimate of drug-likeness (QED) is 0.754. The highest BCUT2D eigenvalue weighted by Crippen LogP contribution is 2.39. The van der Waals surface area contributed by atoms with E-state index in [-0.39, 0.29) is 5.91 Å². The van der Waals surface area contributed by atoms with Crippen LogP contribution in [0.4, 0.5) is 11.6 Å². The number of amides is 1. The minimum atomic E-state index is -0.161. The molecule has 0 aromatic carbocycles. The summed E-state index contributed by atoms with van der Waals surface area (Å²) in [6.07, 6.45) is 8.20. The molecular weight excluding hydrogens is 304 g/mol. The normalized spacial score (nSPS) is 13.9. The molecule has 1 aliphatic rings. The van der Waals surface area contributed by atoms with Crippen molar-refractivity contribution in [2.24, 2.45) is 0 Å². The Labute approximate surface area is 139 Å². The Kier molecular flexibility index (Phi) is 3.60. The molecule has 2 N–H and O–H groups in total. The molecular formula is C17H18N6O. The Morgan fingerprint density at radius 2 is 2.08 bits per heavy atom. The minimum Gasteiger partial charge on any atom is -0.364 e. The molecule has 3 heterocycles. The van der Waals surface area contributed by atoms with Crippen LogP contribution in [0.25, 0.3) is 5.65 Å². The first-order valence-corrected chi connectivity index (χ1v) is 7.98. The van der Waals surface area contributed by atoms with Crippen molar-refractivity contribution in [1.29, 1.82) is 0 Å². The molecule has 3 aromatic heterocycles. The van der Waals surface area contributed by atoms with Crippen LogP contribution in [-0.2, 0) is 11.3 Å². The van der Waals surface area contributed by atoms with Gasteiger partial charge in [-0.2, -0.15) is 0 Å². The van der Waals surface area contributed by atoms with Gasteiger partial charge in [-0.1, -0.05) is 6.07 Å². The van der Waals surface area contributed by atoms with Crippen molar-refractivity contribution in [2.45, 2.75) is 32.2 Å². The summed E-state index contributed by atoms with van der Waals surface area (Å²) in [7, 11) is 0. The van der Waals surface area contributed by atoms with E-state index in [9.17, 15) is 4.79 Å². The highest BCUT2D eigenvalue weighted by atomic mass is 16.1. The number of anilines is 2. The lowest BCUT2D eigenvalue weighted by Gasteiger charge is -2.05. The van der Waals surface area contributed by atoms with Crippen molar-refractivity contribution >= 4 is 23.2 Å². The van der Waals surface area contributed by atoms with Crippen molar-refractivity contribution in [2.75, 3.05) is 10.6 Å². The van der Waals surface area contributed by atoms with E-state index < -0.39 is 0 Å². The molecule has 7 heteroatoms. The van der Waals surface area contributed by atoms with Gasteiger partial charge >= 0.3 is 0 Å². The molecule has 122 valence electrons. The molecule has 0 unspecified atom stereocenters. The van der Waals surface area contributed by atoms with Crippen molar-refractivity contribution < 1.29 is 4.79 Å². The second-order valence-corrected chi connectivity index (χ2v) is 6.06. The van der Waals surface area contributed by atoms with E-state index in [1.165, 1.54) is 31.7 Å². The molecule has 7 nitrogen and oxygen atoms in total. The molecule has 1 amide bonds. The third-order valence-corrected chi connectivity index (χ3v) is 3.99. The summed E-state index contributed by atoms with van der Waals surface area (Å²) in [5.74, 6) is 1.69. The maximum atomic E-state index is 11.1. The van der Waals surface area contributed by atoms with Gasteiger partial charge in [0.2, 0.25) is 5.91 Å². The first-order valence-electron chi connectivity index (χ1n) is 7.98. The summed E-state index contributed by atoms with van der Waals surface area (Å²) < 4.78 is 2.08. The molecule has 1 fully saturated rings. The van der Waals surface area contributed by atoms with Crippen molar-refractivity contribution in [1.82, 2.24) is 19.4 Å². The number of hydrogen-bond donors (Lipinski definition) is 2. The van der Waals surface area contributed by atoms with Crippen LogP contribution in [0, 0.1) is 0 Å². The number of rotatable bonds is 5. The summed E-state index contributed by atoms with van der Waals surface area (Å²) >= 11 is 0. The zero-order valence-electron chi connectivity index (χ0n) is 13.4.